The van der Waals surface area contributed by atoms with Gasteiger partial charge in [0.15, 0.2) is 0 Å². The Morgan fingerprint density at radius 2 is 2.00 bits per heavy atom. The summed E-state index contributed by atoms with van der Waals surface area (Å²) in [7, 11) is 1.82. The number of hydrogen-bond acceptors (Lipinski definition) is 2. The Morgan fingerprint density at radius 1 is 1.38 bits per heavy atom. The largest absolute Gasteiger partial charge is 0.381 e. The highest BCUT2D eigenvalue weighted by atomic mass is 127. The zero-order valence-corrected chi connectivity index (χ0v) is 11.1. The second kappa shape index (κ2) is 4.03. The van der Waals surface area contributed by atoms with Crippen molar-refractivity contribution in [3.05, 3.63) is 0 Å². The molecule has 0 bridgehead atoms. The summed E-state index contributed by atoms with van der Waals surface area (Å²) in [6, 6.07) is 0. The van der Waals surface area contributed by atoms with Gasteiger partial charge in [-0.25, -0.2) is 0 Å². The van der Waals surface area contributed by atoms with E-state index in [1.165, 1.54) is 0 Å². The third-order valence-corrected chi connectivity index (χ3v) is 4.37. The van der Waals surface area contributed by atoms with Crippen LogP contribution in [0.3, 0.4) is 0 Å². The van der Waals surface area contributed by atoms with Gasteiger partial charge in [-0.15, -0.1) is 0 Å². The molecule has 78 valence electrons. The molecule has 3 heteroatoms. The Bertz CT molecular complexity index is 184. The van der Waals surface area contributed by atoms with Gasteiger partial charge in [0.05, 0.1) is 6.10 Å². The lowest BCUT2D eigenvalue weighted by molar-refractivity contribution is 0.00799. The summed E-state index contributed by atoms with van der Waals surface area (Å²) < 4.78 is 6.61. The molecule has 2 unspecified atom stereocenters. The molecule has 1 aliphatic heterocycles. The third-order valence-electron chi connectivity index (χ3n) is 2.68. The molecule has 0 spiro atoms. The Hall–Kier alpha value is 0.650. The minimum atomic E-state index is 0.207. The van der Waals surface area contributed by atoms with Crippen LogP contribution in [0.5, 0.6) is 0 Å². The molecule has 1 aliphatic rings. The van der Waals surface area contributed by atoms with Crippen LogP contribution >= 0.6 is 22.6 Å². The van der Waals surface area contributed by atoms with E-state index in [0.717, 1.165) is 17.3 Å². The van der Waals surface area contributed by atoms with Crippen molar-refractivity contribution in [3.8, 4) is 0 Å². The number of piperidine rings is 1. The molecule has 13 heavy (non-hydrogen) atoms. The van der Waals surface area contributed by atoms with Crippen molar-refractivity contribution in [3.63, 3.8) is 0 Å². The van der Waals surface area contributed by atoms with E-state index in [4.69, 9.17) is 4.74 Å². The average molecular weight is 297 g/mol. The summed E-state index contributed by atoms with van der Waals surface area (Å²) in [4.78, 5) is 0. The van der Waals surface area contributed by atoms with Crippen molar-refractivity contribution < 1.29 is 4.74 Å². The van der Waals surface area contributed by atoms with E-state index in [0.29, 0.717) is 6.10 Å². The van der Waals surface area contributed by atoms with Crippen LogP contribution in [0.25, 0.3) is 0 Å². The topological polar surface area (TPSA) is 21.3 Å². The number of alkyl halides is 1. The van der Waals surface area contributed by atoms with Gasteiger partial charge in [0.25, 0.3) is 0 Å². The monoisotopic (exact) mass is 297 g/mol. The first-order valence-corrected chi connectivity index (χ1v) is 6.31. The lowest BCUT2D eigenvalue weighted by atomic mass is 9.81. The van der Waals surface area contributed by atoms with Gasteiger partial charge < -0.3 is 10.1 Å². The highest BCUT2D eigenvalue weighted by Crippen LogP contribution is 2.31. The van der Waals surface area contributed by atoms with E-state index in [9.17, 15) is 0 Å². The predicted molar refractivity (Wildman–Crippen MR) is 64.5 cm³/mol. The molecule has 0 aromatic rings. The molecule has 1 saturated heterocycles. The van der Waals surface area contributed by atoms with Gasteiger partial charge >= 0.3 is 0 Å². The number of halogens is 1. The predicted octanol–water partition coefficient (Wildman–Crippen LogP) is 2.36. The Balaban J connectivity index is 2.71. The van der Waals surface area contributed by atoms with E-state index in [1.807, 2.05) is 7.11 Å². The van der Waals surface area contributed by atoms with E-state index >= 15 is 0 Å². The van der Waals surface area contributed by atoms with Crippen molar-refractivity contribution in [2.24, 2.45) is 0 Å². The molecule has 0 radical (unpaired) electrons. The maximum absolute atomic E-state index is 5.48. The average Bonchev–Trinajstić information content (AvgIpc) is 2.01. The number of hydrogen-bond donors (Lipinski definition) is 1. The number of rotatable bonds is 2. The van der Waals surface area contributed by atoms with Crippen molar-refractivity contribution in [2.45, 2.75) is 50.8 Å². The lowest BCUT2D eigenvalue weighted by Gasteiger charge is -2.47. The van der Waals surface area contributed by atoms with Crippen LogP contribution in [0.4, 0.5) is 0 Å². The summed E-state index contributed by atoms with van der Waals surface area (Å²) >= 11 is 2.45. The van der Waals surface area contributed by atoms with Crippen molar-refractivity contribution in [1.82, 2.24) is 5.32 Å². The number of nitrogens with one attached hydrogen (secondary N) is 1. The fraction of sp³-hybridized carbons (Fsp3) is 1.00. The van der Waals surface area contributed by atoms with Crippen molar-refractivity contribution in [2.75, 3.05) is 11.5 Å². The normalized spacial score (nSPS) is 39.0. The third kappa shape index (κ3) is 3.06. The van der Waals surface area contributed by atoms with Gasteiger partial charge in [-0.05, 0) is 33.6 Å². The Kier molecular flexibility index (Phi) is 3.63. The summed E-state index contributed by atoms with van der Waals surface area (Å²) in [5.74, 6) is 0. The maximum atomic E-state index is 5.48. The fourth-order valence-corrected chi connectivity index (χ4v) is 2.82. The minimum absolute atomic E-state index is 0.207. The molecule has 0 saturated carbocycles. The van der Waals surface area contributed by atoms with Crippen LogP contribution in [0, 0.1) is 0 Å². The molecule has 2 nitrogen and oxygen atoms in total. The first-order chi connectivity index (χ1) is 5.91. The van der Waals surface area contributed by atoms with Crippen molar-refractivity contribution >= 4 is 22.6 Å². The van der Waals surface area contributed by atoms with Gasteiger partial charge in [0.1, 0.15) is 0 Å². The summed E-state index contributed by atoms with van der Waals surface area (Å²) in [6.45, 7) is 6.79. The van der Waals surface area contributed by atoms with Crippen LogP contribution < -0.4 is 5.32 Å². The molecular weight excluding hydrogens is 277 g/mol. The number of ether oxygens (including phenoxy) is 1. The molecule has 1 rings (SSSR count). The molecule has 0 aromatic heterocycles. The number of methoxy groups -OCH3 is 1. The van der Waals surface area contributed by atoms with E-state index in [1.54, 1.807) is 0 Å². The SMILES string of the molecule is COC1CC(C)(C)NC(C)(CI)C1. The van der Waals surface area contributed by atoms with Gasteiger partial charge in [0, 0.05) is 22.6 Å². The molecule has 0 aromatic carbocycles. The van der Waals surface area contributed by atoms with Crippen LogP contribution in [-0.4, -0.2) is 28.7 Å². The van der Waals surface area contributed by atoms with Gasteiger partial charge in [0.2, 0.25) is 0 Å². The summed E-state index contributed by atoms with van der Waals surface area (Å²) in [6.07, 6.45) is 2.64. The quantitative estimate of drug-likeness (QED) is 0.624. The lowest BCUT2D eigenvalue weighted by Crippen LogP contribution is -2.61. The van der Waals surface area contributed by atoms with E-state index in [-0.39, 0.29) is 11.1 Å². The summed E-state index contributed by atoms with van der Waals surface area (Å²) in [5, 5.41) is 3.70. The second-order valence-electron chi connectivity index (χ2n) is 4.97. The van der Waals surface area contributed by atoms with Gasteiger partial charge in [-0.2, -0.15) is 0 Å². The highest BCUT2D eigenvalue weighted by molar-refractivity contribution is 14.1. The Labute approximate surface area is 94.9 Å². The van der Waals surface area contributed by atoms with Crippen molar-refractivity contribution in [1.29, 1.82) is 0 Å². The van der Waals surface area contributed by atoms with Gasteiger partial charge in [-0.3, -0.25) is 0 Å². The molecule has 0 aliphatic carbocycles. The molecule has 0 amide bonds. The first-order valence-electron chi connectivity index (χ1n) is 4.79. The molecule has 1 N–H and O–H groups in total. The molecular formula is C10H20INO. The fourth-order valence-electron chi connectivity index (χ4n) is 2.32. The minimum Gasteiger partial charge on any atom is -0.381 e. The van der Waals surface area contributed by atoms with Crippen LogP contribution in [0.1, 0.15) is 33.6 Å². The van der Waals surface area contributed by atoms with Gasteiger partial charge in [-0.1, -0.05) is 22.6 Å². The zero-order chi connectivity index (χ0) is 10.1. The zero-order valence-electron chi connectivity index (χ0n) is 8.98. The first kappa shape index (κ1) is 11.7. The van der Waals surface area contributed by atoms with Crippen LogP contribution in [-0.2, 0) is 4.74 Å². The van der Waals surface area contributed by atoms with E-state index in [2.05, 4.69) is 48.7 Å². The van der Waals surface area contributed by atoms with Crippen LogP contribution in [0.15, 0.2) is 0 Å². The van der Waals surface area contributed by atoms with Crippen LogP contribution in [0.2, 0.25) is 0 Å². The standard InChI is InChI=1S/C10H20INO/c1-9(2)5-8(13-4)6-10(3,7-11)12-9/h8,12H,5-7H2,1-4H3. The maximum Gasteiger partial charge on any atom is 0.0606 e. The molecule has 1 fully saturated rings. The second-order valence-corrected chi connectivity index (χ2v) is 5.73. The summed E-state index contributed by atoms with van der Waals surface area (Å²) in [5.41, 5.74) is 0.446. The molecule has 1 heterocycles. The smallest absolute Gasteiger partial charge is 0.0606 e. The molecule has 2 atom stereocenters. The Morgan fingerprint density at radius 3 is 2.46 bits per heavy atom. The highest BCUT2D eigenvalue weighted by Gasteiger charge is 2.39. The van der Waals surface area contributed by atoms with E-state index < -0.39 is 0 Å².